The zero-order valence-electron chi connectivity index (χ0n) is 10.6. The number of methoxy groups -OCH3 is 1. The quantitative estimate of drug-likeness (QED) is 0.786. The molecule has 1 aliphatic heterocycles. The van der Waals surface area contributed by atoms with Crippen LogP contribution in [0.4, 0.5) is 5.13 Å². The van der Waals surface area contributed by atoms with Gasteiger partial charge < -0.3 is 14.4 Å². The molecule has 5 nitrogen and oxygen atoms in total. The van der Waals surface area contributed by atoms with E-state index in [0.717, 1.165) is 41.7 Å². The predicted octanol–water partition coefficient (Wildman–Crippen LogP) is 1.92. The van der Waals surface area contributed by atoms with Crippen molar-refractivity contribution in [1.29, 1.82) is 0 Å². The van der Waals surface area contributed by atoms with E-state index in [9.17, 15) is 4.79 Å². The molecule has 6 heteroatoms. The maximum absolute atomic E-state index is 11.7. The molecule has 1 fully saturated rings. The first-order valence-corrected chi connectivity index (χ1v) is 6.92. The van der Waals surface area contributed by atoms with Crippen LogP contribution in [-0.2, 0) is 9.47 Å². The lowest BCUT2D eigenvalue weighted by atomic mass is 10.2. The predicted molar refractivity (Wildman–Crippen MR) is 74.0 cm³/mol. The number of hydrogen-bond donors (Lipinski definition) is 0. The van der Waals surface area contributed by atoms with Gasteiger partial charge in [0.25, 0.3) is 0 Å². The normalized spacial score (nSPS) is 15.7. The van der Waals surface area contributed by atoms with E-state index in [1.165, 1.54) is 7.11 Å². The molecule has 100 valence electrons. The molecule has 0 unspecified atom stereocenters. The van der Waals surface area contributed by atoms with Crippen molar-refractivity contribution in [3.63, 3.8) is 0 Å². The summed E-state index contributed by atoms with van der Waals surface area (Å²) < 4.78 is 11.1. The number of morpholine rings is 1. The first-order chi connectivity index (χ1) is 9.29. The zero-order valence-corrected chi connectivity index (χ0v) is 11.4. The number of nitrogens with zero attached hydrogens (tertiary/aromatic N) is 2. The van der Waals surface area contributed by atoms with E-state index in [0.29, 0.717) is 5.56 Å². The topological polar surface area (TPSA) is 51.7 Å². The highest BCUT2D eigenvalue weighted by Crippen LogP contribution is 2.31. The Morgan fingerprint density at radius 1 is 1.42 bits per heavy atom. The van der Waals surface area contributed by atoms with Gasteiger partial charge in [-0.1, -0.05) is 17.4 Å². The number of rotatable bonds is 2. The second kappa shape index (κ2) is 5.14. The summed E-state index contributed by atoms with van der Waals surface area (Å²) in [6.07, 6.45) is 0. The molecule has 0 atom stereocenters. The number of anilines is 1. The first-order valence-electron chi connectivity index (χ1n) is 6.10. The molecule has 1 aliphatic rings. The SMILES string of the molecule is COC(=O)c1cccc2sc(N3CCOCC3)nc12. The average Bonchev–Trinajstić information content (AvgIpc) is 2.91. The number of carbonyl (C=O) groups is 1. The van der Waals surface area contributed by atoms with Gasteiger partial charge in [-0.2, -0.15) is 0 Å². The molecule has 0 radical (unpaired) electrons. The molecule has 1 saturated heterocycles. The number of benzene rings is 1. The molecule has 0 aliphatic carbocycles. The van der Waals surface area contributed by atoms with Gasteiger partial charge in [-0.15, -0.1) is 0 Å². The zero-order chi connectivity index (χ0) is 13.2. The van der Waals surface area contributed by atoms with E-state index in [-0.39, 0.29) is 5.97 Å². The van der Waals surface area contributed by atoms with E-state index < -0.39 is 0 Å². The maximum atomic E-state index is 11.7. The van der Waals surface area contributed by atoms with Gasteiger partial charge in [-0.25, -0.2) is 9.78 Å². The van der Waals surface area contributed by atoms with E-state index in [2.05, 4.69) is 9.88 Å². The third kappa shape index (κ3) is 2.29. The van der Waals surface area contributed by atoms with Crippen molar-refractivity contribution in [2.75, 3.05) is 38.3 Å². The van der Waals surface area contributed by atoms with E-state index >= 15 is 0 Å². The second-order valence-electron chi connectivity index (χ2n) is 4.24. The number of esters is 1. The second-order valence-corrected chi connectivity index (χ2v) is 5.25. The summed E-state index contributed by atoms with van der Waals surface area (Å²) in [4.78, 5) is 18.5. The van der Waals surface area contributed by atoms with Crippen LogP contribution in [0, 0.1) is 0 Å². The minimum Gasteiger partial charge on any atom is -0.465 e. The van der Waals surface area contributed by atoms with Crippen molar-refractivity contribution in [2.24, 2.45) is 0 Å². The van der Waals surface area contributed by atoms with E-state index in [1.54, 1.807) is 17.4 Å². The van der Waals surface area contributed by atoms with Crippen LogP contribution in [0.25, 0.3) is 10.2 Å². The highest BCUT2D eigenvalue weighted by atomic mass is 32.1. The van der Waals surface area contributed by atoms with Gasteiger partial charge in [0, 0.05) is 13.1 Å². The van der Waals surface area contributed by atoms with Crippen molar-refractivity contribution in [2.45, 2.75) is 0 Å². The summed E-state index contributed by atoms with van der Waals surface area (Å²) in [6.45, 7) is 3.13. The minimum atomic E-state index is -0.343. The van der Waals surface area contributed by atoms with Gasteiger partial charge in [0.2, 0.25) is 0 Å². The van der Waals surface area contributed by atoms with E-state index in [1.807, 2.05) is 12.1 Å². The molecule has 0 bridgehead atoms. The molecule has 0 amide bonds. The third-order valence-electron chi connectivity index (χ3n) is 3.09. The Morgan fingerprint density at radius 3 is 2.95 bits per heavy atom. The summed E-state index contributed by atoms with van der Waals surface area (Å²) >= 11 is 1.60. The number of carbonyl (C=O) groups excluding carboxylic acids is 1. The van der Waals surface area contributed by atoms with Gasteiger partial charge in [0.15, 0.2) is 5.13 Å². The number of fused-ring (bicyclic) bond motifs is 1. The fraction of sp³-hybridized carbons (Fsp3) is 0.385. The van der Waals surface area contributed by atoms with Crippen LogP contribution in [0.3, 0.4) is 0 Å². The smallest absolute Gasteiger partial charge is 0.340 e. The fourth-order valence-electron chi connectivity index (χ4n) is 2.10. The van der Waals surface area contributed by atoms with Crippen molar-refractivity contribution < 1.29 is 14.3 Å². The van der Waals surface area contributed by atoms with Crippen LogP contribution in [-0.4, -0.2) is 44.4 Å². The van der Waals surface area contributed by atoms with Gasteiger partial charge in [0.1, 0.15) is 0 Å². The van der Waals surface area contributed by atoms with Gasteiger partial charge >= 0.3 is 5.97 Å². The number of thiazole rings is 1. The standard InChI is InChI=1S/C13H14N2O3S/c1-17-12(16)9-3-2-4-10-11(9)14-13(19-10)15-5-7-18-8-6-15/h2-4H,5-8H2,1H3. The molecule has 2 aromatic rings. The largest absolute Gasteiger partial charge is 0.465 e. The molecular formula is C13H14N2O3S. The highest BCUT2D eigenvalue weighted by molar-refractivity contribution is 7.22. The van der Waals surface area contributed by atoms with Crippen molar-refractivity contribution in [3.05, 3.63) is 23.8 Å². The minimum absolute atomic E-state index is 0.343. The Bertz CT molecular complexity index is 605. The Balaban J connectivity index is 2.02. The molecule has 0 saturated carbocycles. The number of ether oxygens (including phenoxy) is 2. The molecule has 1 aromatic heterocycles. The first kappa shape index (κ1) is 12.4. The van der Waals surface area contributed by atoms with E-state index in [4.69, 9.17) is 9.47 Å². The summed E-state index contributed by atoms with van der Waals surface area (Å²) in [6, 6.07) is 5.58. The summed E-state index contributed by atoms with van der Waals surface area (Å²) in [5.41, 5.74) is 1.25. The highest BCUT2D eigenvalue weighted by Gasteiger charge is 2.18. The Hall–Kier alpha value is -1.66. The van der Waals surface area contributed by atoms with Gasteiger partial charge in [0.05, 0.1) is 36.1 Å². The van der Waals surface area contributed by atoms with Crippen LogP contribution in [0.5, 0.6) is 0 Å². The summed E-state index contributed by atoms with van der Waals surface area (Å²) in [7, 11) is 1.39. The van der Waals surface area contributed by atoms with Crippen molar-refractivity contribution >= 4 is 32.7 Å². The molecule has 0 spiro atoms. The molecule has 1 aromatic carbocycles. The fourth-order valence-corrected chi connectivity index (χ4v) is 3.15. The van der Waals surface area contributed by atoms with Gasteiger partial charge in [-0.3, -0.25) is 0 Å². The molecule has 19 heavy (non-hydrogen) atoms. The number of hydrogen-bond acceptors (Lipinski definition) is 6. The van der Waals surface area contributed by atoms with Crippen LogP contribution in [0.2, 0.25) is 0 Å². The van der Waals surface area contributed by atoms with Gasteiger partial charge in [-0.05, 0) is 12.1 Å². The monoisotopic (exact) mass is 278 g/mol. The van der Waals surface area contributed by atoms with Crippen LogP contribution < -0.4 is 4.90 Å². The molecule has 2 heterocycles. The number of para-hydroxylation sites is 1. The molecule has 3 rings (SSSR count). The maximum Gasteiger partial charge on any atom is 0.340 e. The number of aromatic nitrogens is 1. The van der Waals surface area contributed by atoms with Crippen LogP contribution >= 0.6 is 11.3 Å². The van der Waals surface area contributed by atoms with Crippen LogP contribution in [0.1, 0.15) is 10.4 Å². The third-order valence-corrected chi connectivity index (χ3v) is 4.18. The van der Waals surface area contributed by atoms with Crippen molar-refractivity contribution in [1.82, 2.24) is 4.98 Å². The summed E-state index contributed by atoms with van der Waals surface area (Å²) in [5, 5.41) is 0.939. The lowest BCUT2D eigenvalue weighted by molar-refractivity contribution is 0.0603. The molecular weight excluding hydrogens is 264 g/mol. The van der Waals surface area contributed by atoms with Crippen molar-refractivity contribution in [3.8, 4) is 0 Å². The average molecular weight is 278 g/mol. The Morgan fingerprint density at radius 2 is 2.21 bits per heavy atom. The lowest BCUT2D eigenvalue weighted by Crippen LogP contribution is -2.36. The Kier molecular flexibility index (Phi) is 3.35. The van der Waals surface area contributed by atoms with Crippen LogP contribution in [0.15, 0.2) is 18.2 Å². The Labute approximate surface area is 114 Å². The lowest BCUT2D eigenvalue weighted by Gasteiger charge is -2.25. The summed E-state index contributed by atoms with van der Waals surface area (Å²) in [5.74, 6) is -0.343. The molecule has 0 N–H and O–H groups in total.